The fraction of sp³-hybridized carbons (Fsp3) is 0.174. The molecule has 3 aromatic carbocycles. The number of methoxy groups -OCH3 is 1. The van der Waals surface area contributed by atoms with Crippen LogP contribution in [-0.2, 0) is 9.59 Å². The summed E-state index contributed by atoms with van der Waals surface area (Å²) in [6, 6.07) is 16.8. The number of nitrogens with zero attached hydrogens (tertiary/aromatic N) is 1. The molecule has 0 aliphatic rings. The molecule has 0 aromatic heterocycles. The van der Waals surface area contributed by atoms with Crippen LogP contribution in [0.25, 0.3) is 10.8 Å². The fourth-order valence-corrected chi connectivity index (χ4v) is 3.17. The lowest BCUT2D eigenvalue weighted by molar-refractivity contribution is -0.124. The minimum absolute atomic E-state index is 0.0200. The van der Waals surface area contributed by atoms with Gasteiger partial charge in [0.2, 0.25) is 11.8 Å². The van der Waals surface area contributed by atoms with Crippen LogP contribution in [0.4, 0.5) is 5.69 Å². The number of amides is 2. The Morgan fingerprint density at radius 3 is 2.50 bits per heavy atom. The number of ether oxygens (including phenoxy) is 1. The maximum absolute atomic E-state index is 12.1. The van der Waals surface area contributed by atoms with Gasteiger partial charge in [-0.2, -0.15) is 5.10 Å². The number of fused-ring (bicyclic) bond motifs is 1. The zero-order chi connectivity index (χ0) is 21.5. The summed E-state index contributed by atoms with van der Waals surface area (Å²) in [6.07, 6.45) is 1.64. The second-order valence-corrected chi connectivity index (χ2v) is 7.06. The van der Waals surface area contributed by atoms with E-state index in [-0.39, 0.29) is 24.7 Å². The molecule has 0 aliphatic heterocycles. The third kappa shape index (κ3) is 5.15. The summed E-state index contributed by atoms with van der Waals surface area (Å²) in [7, 11) is 1.62. The second-order valence-electron chi connectivity index (χ2n) is 6.66. The third-order valence-corrected chi connectivity index (χ3v) is 5.06. The summed E-state index contributed by atoms with van der Waals surface area (Å²) in [5.74, 6) is 0.162. The van der Waals surface area contributed by atoms with Gasteiger partial charge in [-0.3, -0.25) is 9.59 Å². The van der Waals surface area contributed by atoms with Crippen LogP contribution >= 0.6 is 11.6 Å². The number of benzene rings is 3. The van der Waals surface area contributed by atoms with Crippen molar-refractivity contribution in [1.82, 2.24) is 5.43 Å². The topological polar surface area (TPSA) is 79.8 Å². The van der Waals surface area contributed by atoms with Gasteiger partial charge in [0, 0.05) is 34.5 Å². The van der Waals surface area contributed by atoms with E-state index in [2.05, 4.69) is 15.8 Å². The first-order valence-electron chi connectivity index (χ1n) is 9.42. The monoisotopic (exact) mass is 423 g/mol. The Bertz CT molecular complexity index is 1110. The Balaban J connectivity index is 1.55. The van der Waals surface area contributed by atoms with E-state index in [0.717, 1.165) is 27.6 Å². The molecule has 0 aliphatic carbocycles. The Morgan fingerprint density at radius 1 is 1.00 bits per heavy atom. The average molecular weight is 424 g/mol. The second kappa shape index (κ2) is 9.89. The molecule has 0 saturated carbocycles. The SMILES string of the molecule is COc1ccc(/C=N/NC(=O)CCC(=O)Nc2cccc(Cl)c2C)c2ccccc12. The van der Waals surface area contributed by atoms with Crippen LogP contribution in [0.15, 0.2) is 59.7 Å². The number of nitrogens with one attached hydrogen (secondary N) is 2. The first-order valence-corrected chi connectivity index (χ1v) is 9.80. The normalized spacial score (nSPS) is 10.9. The fourth-order valence-electron chi connectivity index (χ4n) is 3.00. The van der Waals surface area contributed by atoms with Gasteiger partial charge in [0.05, 0.1) is 13.3 Å². The number of carbonyl (C=O) groups excluding carboxylic acids is 2. The van der Waals surface area contributed by atoms with Gasteiger partial charge in [-0.15, -0.1) is 0 Å². The van der Waals surface area contributed by atoms with Gasteiger partial charge < -0.3 is 10.1 Å². The molecule has 0 heterocycles. The van der Waals surface area contributed by atoms with Crippen LogP contribution in [-0.4, -0.2) is 25.1 Å². The number of hydrogen-bond acceptors (Lipinski definition) is 4. The molecule has 3 aromatic rings. The van der Waals surface area contributed by atoms with E-state index >= 15 is 0 Å². The van der Waals surface area contributed by atoms with Gasteiger partial charge >= 0.3 is 0 Å². The van der Waals surface area contributed by atoms with Gasteiger partial charge in [-0.1, -0.05) is 41.9 Å². The van der Waals surface area contributed by atoms with Crippen molar-refractivity contribution in [2.24, 2.45) is 5.10 Å². The molecule has 0 unspecified atom stereocenters. The molecule has 2 amide bonds. The lowest BCUT2D eigenvalue weighted by Gasteiger charge is -2.09. The summed E-state index contributed by atoms with van der Waals surface area (Å²) in [4.78, 5) is 24.1. The molecular formula is C23H22ClN3O3. The van der Waals surface area contributed by atoms with Gasteiger partial charge in [0.1, 0.15) is 5.75 Å². The molecule has 30 heavy (non-hydrogen) atoms. The largest absolute Gasteiger partial charge is 0.496 e. The van der Waals surface area contributed by atoms with Crippen molar-refractivity contribution in [3.05, 3.63) is 70.7 Å². The summed E-state index contributed by atoms with van der Waals surface area (Å²) >= 11 is 6.05. The quantitative estimate of drug-likeness (QED) is 0.427. The highest BCUT2D eigenvalue weighted by molar-refractivity contribution is 6.31. The van der Waals surface area contributed by atoms with Crippen molar-refractivity contribution < 1.29 is 14.3 Å². The van der Waals surface area contributed by atoms with Crippen molar-refractivity contribution in [2.45, 2.75) is 19.8 Å². The number of anilines is 1. The van der Waals surface area contributed by atoms with Gasteiger partial charge in [-0.25, -0.2) is 5.43 Å². The molecule has 0 saturated heterocycles. The molecule has 0 radical (unpaired) electrons. The van der Waals surface area contributed by atoms with Crippen LogP contribution < -0.4 is 15.5 Å². The van der Waals surface area contributed by atoms with Crippen LogP contribution in [0.3, 0.4) is 0 Å². The molecule has 3 rings (SSSR count). The van der Waals surface area contributed by atoms with E-state index < -0.39 is 0 Å². The van der Waals surface area contributed by atoms with Crippen molar-refractivity contribution in [3.63, 3.8) is 0 Å². The van der Waals surface area contributed by atoms with Crippen LogP contribution in [0, 0.1) is 6.92 Å². The van der Waals surface area contributed by atoms with Crippen molar-refractivity contribution in [2.75, 3.05) is 12.4 Å². The Morgan fingerprint density at radius 2 is 1.73 bits per heavy atom. The average Bonchev–Trinajstić information content (AvgIpc) is 2.75. The van der Waals surface area contributed by atoms with E-state index in [0.29, 0.717) is 10.7 Å². The number of halogens is 1. The summed E-state index contributed by atoms with van der Waals surface area (Å²) in [5.41, 5.74) is 4.73. The van der Waals surface area contributed by atoms with Crippen LogP contribution in [0.1, 0.15) is 24.0 Å². The lowest BCUT2D eigenvalue weighted by Crippen LogP contribution is -2.21. The molecule has 0 atom stereocenters. The standard InChI is InChI=1S/C23H22ClN3O3/c1-15-19(24)8-5-9-20(15)26-22(28)12-13-23(29)27-25-14-16-10-11-21(30-2)18-7-4-3-6-17(16)18/h3-11,14H,12-13H2,1-2H3,(H,26,28)(H,27,29)/b25-14+. The van der Waals surface area contributed by atoms with Gasteiger partial charge in [0.15, 0.2) is 0 Å². The number of rotatable bonds is 7. The van der Waals surface area contributed by atoms with E-state index in [1.807, 2.05) is 43.3 Å². The Kier molecular flexibility index (Phi) is 7.03. The number of hydrogen-bond donors (Lipinski definition) is 2. The molecule has 0 bridgehead atoms. The maximum atomic E-state index is 12.1. The summed E-state index contributed by atoms with van der Waals surface area (Å²) < 4.78 is 5.38. The van der Waals surface area contributed by atoms with Gasteiger partial charge in [0.25, 0.3) is 0 Å². The molecular weight excluding hydrogens is 402 g/mol. The highest BCUT2D eigenvalue weighted by Crippen LogP contribution is 2.27. The predicted octanol–water partition coefficient (Wildman–Crippen LogP) is 4.68. The summed E-state index contributed by atoms with van der Waals surface area (Å²) in [5, 5.41) is 9.29. The number of hydrazone groups is 1. The van der Waals surface area contributed by atoms with Crippen molar-refractivity contribution >= 4 is 46.1 Å². The minimum atomic E-state index is -0.345. The molecule has 0 fully saturated rings. The third-order valence-electron chi connectivity index (χ3n) is 4.65. The van der Waals surface area contributed by atoms with Gasteiger partial charge in [-0.05, 0) is 42.1 Å². The minimum Gasteiger partial charge on any atom is -0.496 e. The van der Waals surface area contributed by atoms with E-state index in [9.17, 15) is 9.59 Å². The molecule has 154 valence electrons. The van der Waals surface area contributed by atoms with Crippen LogP contribution in [0.2, 0.25) is 5.02 Å². The van der Waals surface area contributed by atoms with Crippen LogP contribution in [0.5, 0.6) is 5.75 Å². The Labute approximate surface area is 179 Å². The number of carbonyl (C=O) groups is 2. The highest BCUT2D eigenvalue weighted by atomic mass is 35.5. The molecule has 6 nitrogen and oxygen atoms in total. The van der Waals surface area contributed by atoms with E-state index in [1.54, 1.807) is 31.5 Å². The molecule has 0 spiro atoms. The lowest BCUT2D eigenvalue weighted by atomic mass is 10.0. The Hall–Kier alpha value is -3.38. The molecule has 7 heteroatoms. The van der Waals surface area contributed by atoms with Crippen molar-refractivity contribution in [1.29, 1.82) is 0 Å². The molecule has 2 N–H and O–H groups in total. The zero-order valence-electron chi connectivity index (χ0n) is 16.7. The smallest absolute Gasteiger partial charge is 0.240 e. The highest BCUT2D eigenvalue weighted by Gasteiger charge is 2.09. The van der Waals surface area contributed by atoms with E-state index in [4.69, 9.17) is 16.3 Å². The first kappa shape index (κ1) is 21.3. The first-order chi connectivity index (χ1) is 14.5. The maximum Gasteiger partial charge on any atom is 0.240 e. The van der Waals surface area contributed by atoms with E-state index in [1.165, 1.54) is 0 Å². The van der Waals surface area contributed by atoms with Crippen molar-refractivity contribution in [3.8, 4) is 5.75 Å². The zero-order valence-corrected chi connectivity index (χ0v) is 17.5. The predicted molar refractivity (Wildman–Crippen MR) is 120 cm³/mol. The summed E-state index contributed by atoms with van der Waals surface area (Å²) in [6.45, 7) is 1.82.